The van der Waals surface area contributed by atoms with Crippen molar-refractivity contribution in [2.45, 2.75) is 51.6 Å². The molecule has 1 aromatic rings. The SMILES string of the molecule is CCCCC(O)(CC(=O)O)c1cc(Br)ccc1CC. The van der Waals surface area contributed by atoms with Gasteiger partial charge in [0.05, 0.1) is 6.42 Å². The van der Waals surface area contributed by atoms with Crippen molar-refractivity contribution in [1.82, 2.24) is 0 Å². The maximum atomic E-state index is 11.1. The average molecular weight is 329 g/mol. The van der Waals surface area contributed by atoms with E-state index in [1.54, 1.807) is 0 Å². The van der Waals surface area contributed by atoms with Crippen molar-refractivity contribution in [3.05, 3.63) is 33.8 Å². The van der Waals surface area contributed by atoms with Gasteiger partial charge in [0.2, 0.25) is 0 Å². The van der Waals surface area contributed by atoms with E-state index in [0.717, 1.165) is 34.9 Å². The van der Waals surface area contributed by atoms with Gasteiger partial charge in [-0.25, -0.2) is 0 Å². The Morgan fingerprint density at radius 1 is 1.37 bits per heavy atom. The molecule has 4 heteroatoms. The minimum atomic E-state index is -1.28. The molecule has 0 fully saturated rings. The molecule has 106 valence electrons. The van der Waals surface area contributed by atoms with Crippen molar-refractivity contribution in [3.63, 3.8) is 0 Å². The first-order valence-electron chi connectivity index (χ1n) is 6.66. The lowest BCUT2D eigenvalue weighted by atomic mass is 9.82. The predicted octanol–water partition coefficient (Wildman–Crippen LogP) is 3.86. The van der Waals surface area contributed by atoms with Crippen LogP contribution < -0.4 is 0 Å². The Bertz CT molecular complexity index is 445. The van der Waals surface area contributed by atoms with Crippen LogP contribution in [0.1, 0.15) is 50.7 Å². The molecule has 0 saturated carbocycles. The molecule has 0 aromatic heterocycles. The van der Waals surface area contributed by atoms with Crippen molar-refractivity contribution < 1.29 is 15.0 Å². The van der Waals surface area contributed by atoms with Gasteiger partial charge in [-0.1, -0.05) is 48.7 Å². The topological polar surface area (TPSA) is 57.5 Å². The van der Waals surface area contributed by atoms with E-state index in [1.165, 1.54) is 0 Å². The van der Waals surface area contributed by atoms with Gasteiger partial charge in [-0.2, -0.15) is 0 Å². The second-order valence-electron chi connectivity index (χ2n) is 4.86. The van der Waals surface area contributed by atoms with Crippen molar-refractivity contribution >= 4 is 21.9 Å². The summed E-state index contributed by atoms with van der Waals surface area (Å²) in [6.07, 6.45) is 2.73. The number of halogens is 1. The Kier molecular flexibility index (Phi) is 6.01. The minimum Gasteiger partial charge on any atom is -0.481 e. The fraction of sp³-hybridized carbons (Fsp3) is 0.533. The highest BCUT2D eigenvalue weighted by atomic mass is 79.9. The predicted molar refractivity (Wildman–Crippen MR) is 79.2 cm³/mol. The molecule has 19 heavy (non-hydrogen) atoms. The highest BCUT2D eigenvalue weighted by molar-refractivity contribution is 9.10. The molecule has 0 amide bonds. The molecule has 0 aliphatic rings. The first-order valence-corrected chi connectivity index (χ1v) is 7.45. The molecule has 0 radical (unpaired) electrons. The molecule has 3 nitrogen and oxygen atoms in total. The number of carboxylic acids is 1. The third-order valence-electron chi connectivity index (χ3n) is 3.34. The number of unbranched alkanes of at least 4 members (excludes halogenated alkanes) is 1. The number of hydrogen-bond donors (Lipinski definition) is 2. The summed E-state index contributed by atoms with van der Waals surface area (Å²) in [5.41, 5.74) is 0.458. The fourth-order valence-corrected chi connectivity index (χ4v) is 2.69. The van der Waals surface area contributed by atoms with Crippen LogP contribution in [-0.2, 0) is 16.8 Å². The number of carboxylic acid groups (broad SMARTS) is 1. The number of benzene rings is 1. The molecule has 2 N–H and O–H groups in total. The van der Waals surface area contributed by atoms with Gasteiger partial charge in [0.25, 0.3) is 0 Å². The Hall–Kier alpha value is -0.870. The molecule has 1 aromatic carbocycles. The van der Waals surface area contributed by atoms with Crippen LogP contribution in [0.25, 0.3) is 0 Å². The summed E-state index contributed by atoms with van der Waals surface area (Å²) in [5, 5.41) is 19.9. The van der Waals surface area contributed by atoms with E-state index in [0.29, 0.717) is 6.42 Å². The highest BCUT2D eigenvalue weighted by Crippen LogP contribution is 2.35. The Morgan fingerprint density at radius 2 is 2.05 bits per heavy atom. The van der Waals surface area contributed by atoms with E-state index >= 15 is 0 Å². The average Bonchev–Trinajstić information content (AvgIpc) is 2.35. The van der Waals surface area contributed by atoms with E-state index in [9.17, 15) is 9.90 Å². The largest absolute Gasteiger partial charge is 0.481 e. The zero-order chi connectivity index (χ0) is 14.5. The van der Waals surface area contributed by atoms with Crippen LogP contribution in [0.15, 0.2) is 22.7 Å². The molecule has 1 unspecified atom stereocenters. The molecule has 1 rings (SSSR count). The molecule has 1 atom stereocenters. The summed E-state index contributed by atoms with van der Waals surface area (Å²) in [4.78, 5) is 11.1. The standard InChI is InChI=1S/C15H21BrO3/c1-3-5-8-15(19,10-14(17)18)13-9-12(16)7-6-11(13)4-2/h6-7,9,19H,3-5,8,10H2,1-2H3,(H,17,18). The smallest absolute Gasteiger partial charge is 0.306 e. The second-order valence-corrected chi connectivity index (χ2v) is 5.78. The molecular weight excluding hydrogens is 308 g/mol. The molecule has 0 aliphatic carbocycles. The Balaban J connectivity index is 3.22. The summed E-state index contributed by atoms with van der Waals surface area (Å²) in [6, 6.07) is 5.71. The lowest BCUT2D eigenvalue weighted by Gasteiger charge is -2.29. The van der Waals surface area contributed by atoms with Gasteiger partial charge in [0.15, 0.2) is 0 Å². The highest BCUT2D eigenvalue weighted by Gasteiger charge is 2.33. The van der Waals surface area contributed by atoms with Crippen LogP contribution in [0.4, 0.5) is 0 Å². The van der Waals surface area contributed by atoms with Gasteiger partial charge in [0, 0.05) is 4.47 Å². The first kappa shape index (κ1) is 16.2. The minimum absolute atomic E-state index is 0.254. The number of aliphatic carboxylic acids is 1. The maximum Gasteiger partial charge on any atom is 0.306 e. The first-order chi connectivity index (χ1) is 8.92. The monoisotopic (exact) mass is 328 g/mol. The van der Waals surface area contributed by atoms with Crippen LogP contribution in [0.2, 0.25) is 0 Å². The van der Waals surface area contributed by atoms with E-state index in [2.05, 4.69) is 15.9 Å². The maximum absolute atomic E-state index is 11.1. The van der Waals surface area contributed by atoms with Crippen molar-refractivity contribution in [2.75, 3.05) is 0 Å². The second kappa shape index (κ2) is 7.06. The van der Waals surface area contributed by atoms with Crippen molar-refractivity contribution in [1.29, 1.82) is 0 Å². The van der Waals surface area contributed by atoms with Gasteiger partial charge in [0.1, 0.15) is 5.60 Å². The van der Waals surface area contributed by atoms with Crippen LogP contribution in [0, 0.1) is 0 Å². The van der Waals surface area contributed by atoms with Gasteiger partial charge < -0.3 is 10.2 Å². The van der Waals surface area contributed by atoms with E-state index in [4.69, 9.17) is 5.11 Å². The van der Waals surface area contributed by atoms with Crippen LogP contribution >= 0.6 is 15.9 Å². The zero-order valence-electron chi connectivity index (χ0n) is 11.4. The fourth-order valence-electron chi connectivity index (χ4n) is 2.33. The van der Waals surface area contributed by atoms with Crippen LogP contribution in [0.3, 0.4) is 0 Å². The zero-order valence-corrected chi connectivity index (χ0v) is 13.0. The van der Waals surface area contributed by atoms with E-state index < -0.39 is 11.6 Å². The third-order valence-corrected chi connectivity index (χ3v) is 3.84. The van der Waals surface area contributed by atoms with Crippen molar-refractivity contribution in [3.8, 4) is 0 Å². The number of aryl methyl sites for hydroxylation is 1. The molecule has 0 aliphatic heterocycles. The summed E-state index contributed by atoms with van der Waals surface area (Å²) >= 11 is 3.39. The van der Waals surface area contributed by atoms with Gasteiger partial charge in [-0.15, -0.1) is 0 Å². The summed E-state index contributed by atoms with van der Waals surface area (Å²) in [7, 11) is 0. The molecule has 0 saturated heterocycles. The lowest BCUT2D eigenvalue weighted by Crippen LogP contribution is -2.30. The van der Waals surface area contributed by atoms with Gasteiger partial charge in [-0.05, 0) is 36.1 Å². The van der Waals surface area contributed by atoms with E-state index in [1.807, 2.05) is 32.0 Å². The summed E-state index contributed by atoms with van der Waals surface area (Å²) in [5.74, 6) is -0.972. The Labute approximate surface area is 122 Å². The van der Waals surface area contributed by atoms with Crippen LogP contribution in [0.5, 0.6) is 0 Å². The number of aliphatic hydroxyl groups is 1. The van der Waals surface area contributed by atoms with E-state index in [-0.39, 0.29) is 6.42 Å². The van der Waals surface area contributed by atoms with Crippen LogP contribution in [-0.4, -0.2) is 16.2 Å². The number of rotatable bonds is 7. The molecular formula is C15H21BrO3. The van der Waals surface area contributed by atoms with Crippen molar-refractivity contribution in [2.24, 2.45) is 0 Å². The lowest BCUT2D eigenvalue weighted by molar-refractivity contribution is -0.143. The number of hydrogen-bond acceptors (Lipinski definition) is 2. The molecule has 0 spiro atoms. The summed E-state index contributed by atoms with van der Waals surface area (Å²) in [6.45, 7) is 4.04. The molecule has 0 bridgehead atoms. The third kappa shape index (κ3) is 4.32. The molecule has 0 heterocycles. The van der Waals surface area contributed by atoms with Gasteiger partial charge in [-0.3, -0.25) is 4.79 Å². The quantitative estimate of drug-likeness (QED) is 0.798. The normalized spacial score (nSPS) is 14.1. The number of carbonyl (C=O) groups is 1. The van der Waals surface area contributed by atoms with Gasteiger partial charge >= 0.3 is 5.97 Å². The summed E-state index contributed by atoms with van der Waals surface area (Å²) < 4.78 is 0.861. The Morgan fingerprint density at radius 3 is 2.58 bits per heavy atom.